The molecule has 4 aliphatic rings. The molecule has 0 radical (unpaired) electrons. The molecule has 7 rings (SSSR count). The van der Waals surface area contributed by atoms with E-state index in [0.29, 0.717) is 18.0 Å². The Morgan fingerprint density at radius 3 is 2.51 bits per heavy atom. The van der Waals surface area contributed by atoms with Gasteiger partial charge < -0.3 is 14.8 Å². The van der Waals surface area contributed by atoms with Crippen molar-refractivity contribution >= 4 is 46.3 Å². The maximum Gasteiger partial charge on any atom is 0.305 e. The number of aromatic hydroxyl groups is 1. The summed E-state index contributed by atoms with van der Waals surface area (Å²) >= 11 is 2.77. The van der Waals surface area contributed by atoms with Gasteiger partial charge in [0.05, 0.1) is 34.1 Å². The quantitative estimate of drug-likeness (QED) is 0.267. The highest BCUT2D eigenvalue weighted by atomic mass is 32.2. The van der Waals surface area contributed by atoms with Crippen LogP contribution in [-0.4, -0.2) is 38.7 Å². The molecule has 2 amide bonds. The average molecular weight is 566 g/mol. The van der Waals surface area contributed by atoms with Crippen LogP contribution in [0.15, 0.2) is 52.3 Å². The van der Waals surface area contributed by atoms with E-state index in [1.807, 2.05) is 19.1 Å². The van der Waals surface area contributed by atoms with E-state index in [-0.39, 0.29) is 57.0 Å². The second kappa shape index (κ2) is 8.68. The van der Waals surface area contributed by atoms with E-state index < -0.39 is 16.8 Å². The molecule has 0 unspecified atom stereocenters. The van der Waals surface area contributed by atoms with E-state index in [1.54, 1.807) is 17.8 Å². The zero-order valence-corrected chi connectivity index (χ0v) is 22.2. The predicted molar refractivity (Wildman–Crippen MR) is 143 cm³/mol. The molecule has 2 N–H and O–H groups in total. The lowest BCUT2D eigenvalue weighted by Crippen LogP contribution is -2.42. The van der Waals surface area contributed by atoms with Crippen LogP contribution in [0.5, 0.6) is 11.5 Å². The number of aromatic amines is 1. The summed E-state index contributed by atoms with van der Waals surface area (Å²) in [6.07, 6.45) is 0.745. The molecule has 0 spiro atoms. The molecule has 2 aliphatic carbocycles. The number of carbonyl (C=O) groups is 2. The van der Waals surface area contributed by atoms with Crippen molar-refractivity contribution in [2.75, 3.05) is 11.5 Å². The van der Waals surface area contributed by atoms with Gasteiger partial charge in [0.1, 0.15) is 0 Å². The van der Waals surface area contributed by atoms with Gasteiger partial charge in [-0.1, -0.05) is 17.4 Å². The van der Waals surface area contributed by atoms with E-state index in [4.69, 9.17) is 4.74 Å². The van der Waals surface area contributed by atoms with E-state index in [2.05, 4.69) is 4.98 Å². The summed E-state index contributed by atoms with van der Waals surface area (Å²) in [5, 5.41) is 22.2. The Morgan fingerprint density at radius 2 is 1.82 bits per heavy atom. The lowest BCUT2D eigenvalue weighted by Gasteiger charge is -2.43. The average Bonchev–Trinajstić information content (AvgIpc) is 3.64. The molecule has 3 heterocycles. The molecule has 200 valence electrons. The lowest BCUT2D eigenvalue weighted by molar-refractivity contribution is -0.384. The molecule has 1 aromatic heterocycles. The van der Waals surface area contributed by atoms with E-state index in [1.165, 1.54) is 40.5 Å². The zero-order chi connectivity index (χ0) is 27.2. The SMILES string of the molecule is CCOc1cc([C@@H]2c3sc(=O)[nH]c3S[C@@H]3[C@@H]4C[C@@H]([C@@H]5C(=O)N(c6ccc([N+](=O)[O-])cc6)C(=O)[C@@H]45)[C@@H]23)ccc1O. The number of amides is 2. The maximum absolute atomic E-state index is 13.8. The largest absolute Gasteiger partial charge is 0.504 e. The van der Waals surface area contributed by atoms with Gasteiger partial charge in [-0.25, -0.2) is 0 Å². The fraction of sp³-hybridized carbons (Fsp3) is 0.370. The molecule has 2 bridgehead atoms. The third-order valence-electron chi connectivity index (χ3n) is 8.69. The van der Waals surface area contributed by atoms with Gasteiger partial charge in [-0.15, -0.1) is 11.8 Å². The standard InChI is InChI=1S/C27H23N3O7S2/c1-2-37-17-9-11(3-8-16(17)31)18-19-14-10-15(22(19)38-24-23(18)39-27(34)28-24)21-20(14)25(32)29(26(21)33)12-4-6-13(7-5-12)30(35)36/h3-9,14-15,18-22,31H,2,10H2,1H3,(H,28,34)/t14-,15-,18+,19+,20+,21+,22-/m1/s1. The zero-order valence-electron chi connectivity index (χ0n) is 20.6. The third kappa shape index (κ3) is 3.43. The number of fused-ring (bicyclic) bond motifs is 9. The van der Waals surface area contributed by atoms with Crippen LogP contribution in [0.2, 0.25) is 0 Å². The van der Waals surface area contributed by atoms with Gasteiger partial charge in [-0.2, -0.15) is 0 Å². The van der Waals surface area contributed by atoms with Crippen molar-refractivity contribution in [3.63, 3.8) is 0 Å². The number of hydrogen-bond acceptors (Lipinski definition) is 9. The summed E-state index contributed by atoms with van der Waals surface area (Å²) in [5.41, 5.74) is 1.14. The molecule has 3 fully saturated rings. The number of thioether (sulfide) groups is 1. The van der Waals surface area contributed by atoms with Crippen LogP contribution in [0.3, 0.4) is 0 Å². The van der Waals surface area contributed by atoms with Gasteiger partial charge >= 0.3 is 4.87 Å². The molecule has 3 aromatic rings. The second-order valence-electron chi connectivity index (χ2n) is 10.4. The van der Waals surface area contributed by atoms with Gasteiger partial charge in [0.25, 0.3) is 5.69 Å². The Bertz CT molecular complexity index is 1600. The number of aromatic nitrogens is 1. The van der Waals surface area contributed by atoms with Crippen LogP contribution in [0.4, 0.5) is 11.4 Å². The van der Waals surface area contributed by atoms with Crippen molar-refractivity contribution in [3.05, 3.63) is 72.7 Å². The normalized spacial score (nSPS) is 30.3. The molecular weight excluding hydrogens is 542 g/mol. The van der Waals surface area contributed by atoms with Crippen molar-refractivity contribution in [1.82, 2.24) is 4.98 Å². The van der Waals surface area contributed by atoms with Crippen LogP contribution in [0.1, 0.15) is 29.7 Å². The van der Waals surface area contributed by atoms with Crippen molar-refractivity contribution in [2.45, 2.75) is 29.5 Å². The first-order valence-electron chi connectivity index (χ1n) is 12.8. The number of benzene rings is 2. The summed E-state index contributed by atoms with van der Waals surface area (Å²) in [6, 6.07) is 10.8. The molecule has 7 atom stereocenters. The highest BCUT2D eigenvalue weighted by Gasteiger charge is 2.69. The Morgan fingerprint density at radius 1 is 1.10 bits per heavy atom. The van der Waals surface area contributed by atoms with E-state index >= 15 is 0 Å². The van der Waals surface area contributed by atoms with Crippen LogP contribution in [-0.2, 0) is 9.59 Å². The monoisotopic (exact) mass is 565 g/mol. The van der Waals surface area contributed by atoms with Crippen LogP contribution >= 0.6 is 23.1 Å². The minimum absolute atomic E-state index is 0.00720. The Labute approximate surface area is 230 Å². The number of nitro groups is 1. The van der Waals surface area contributed by atoms with Crippen LogP contribution in [0, 0.1) is 39.7 Å². The van der Waals surface area contributed by atoms with Gasteiger partial charge in [-0.3, -0.25) is 29.4 Å². The number of ether oxygens (including phenoxy) is 1. The number of nitrogens with one attached hydrogen (secondary N) is 1. The van der Waals surface area contributed by atoms with E-state index in [9.17, 15) is 29.6 Å². The first-order chi connectivity index (χ1) is 18.8. The number of carbonyl (C=O) groups excluding carboxylic acids is 2. The van der Waals surface area contributed by atoms with E-state index in [0.717, 1.165) is 21.9 Å². The number of nitro benzene ring substituents is 1. The number of nitrogens with zero attached hydrogens (tertiary/aromatic N) is 2. The minimum atomic E-state index is -0.516. The fourth-order valence-electron chi connectivity index (χ4n) is 7.36. The molecule has 39 heavy (non-hydrogen) atoms. The van der Waals surface area contributed by atoms with Gasteiger partial charge in [0.2, 0.25) is 11.8 Å². The van der Waals surface area contributed by atoms with Crippen molar-refractivity contribution in [2.24, 2.45) is 29.6 Å². The summed E-state index contributed by atoms with van der Waals surface area (Å²) in [7, 11) is 0. The maximum atomic E-state index is 13.8. The number of imide groups is 1. The molecule has 10 nitrogen and oxygen atoms in total. The van der Waals surface area contributed by atoms with Crippen LogP contribution in [0.25, 0.3) is 0 Å². The Hall–Kier alpha value is -3.64. The number of phenols is 1. The molecule has 12 heteroatoms. The lowest BCUT2D eigenvalue weighted by atomic mass is 9.68. The summed E-state index contributed by atoms with van der Waals surface area (Å²) in [6.45, 7) is 2.22. The number of hydrogen-bond donors (Lipinski definition) is 2. The topological polar surface area (TPSA) is 143 Å². The van der Waals surface area contributed by atoms with Crippen molar-refractivity contribution in [3.8, 4) is 11.5 Å². The van der Waals surface area contributed by atoms with Gasteiger partial charge in [0.15, 0.2) is 11.5 Å². The highest BCUT2D eigenvalue weighted by Crippen LogP contribution is 2.68. The molecule has 2 saturated carbocycles. The second-order valence-corrected chi connectivity index (χ2v) is 12.6. The summed E-state index contributed by atoms with van der Waals surface area (Å²) < 4.78 is 5.65. The summed E-state index contributed by atoms with van der Waals surface area (Å²) in [4.78, 5) is 55.5. The van der Waals surface area contributed by atoms with Crippen molar-refractivity contribution in [1.29, 1.82) is 0 Å². The van der Waals surface area contributed by atoms with Crippen LogP contribution < -0.4 is 14.5 Å². The molecule has 2 aliphatic heterocycles. The first-order valence-corrected chi connectivity index (χ1v) is 14.5. The highest BCUT2D eigenvalue weighted by molar-refractivity contribution is 8.00. The number of non-ortho nitro benzene ring substituents is 1. The Balaban J connectivity index is 1.29. The number of thiazole rings is 1. The summed E-state index contributed by atoms with van der Waals surface area (Å²) in [5.74, 6) is -1.36. The fourth-order valence-corrected chi connectivity index (χ4v) is 10.3. The number of rotatable bonds is 5. The molecule has 2 aromatic carbocycles. The first kappa shape index (κ1) is 24.4. The number of anilines is 1. The molecular formula is C27H23N3O7S2. The third-order valence-corrected chi connectivity index (χ3v) is 11.3. The van der Waals surface area contributed by atoms with Gasteiger partial charge in [0, 0.05) is 28.2 Å². The minimum Gasteiger partial charge on any atom is -0.504 e. The van der Waals surface area contributed by atoms with Crippen molar-refractivity contribution < 1.29 is 24.4 Å². The Kier molecular flexibility index (Phi) is 5.43. The predicted octanol–water partition coefficient (Wildman–Crippen LogP) is 4.13. The van der Waals surface area contributed by atoms with Gasteiger partial charge in [-0.05, 0) is 60.9 Å². The number of H-pyrrole nitrogens is 1. The smallest absolute Gasteiger partial charge is 0.305 e. The number of phenolic OH excluding ortho intramolecular Hbond substituents is 1. The molecule has 1 saturated heterocycles.